The summed E-state index contributed by atoms with van der Waals surface area (Å²) in [6.07, 6.45) is 18.3. The van der Waals surface area contributed by atoms with E-state index in [1.54, 1.807) is 0 Å². The van der Waals surface area contributed by atoms with Crippen LogP contribution in [0.5, 0.6) is 0 Å². The van der Waals surface area contributed by atoms with E-state index in [0.29, 0.717) is 11.6 Å². The molecule has 0 radical (unpaired) electrons. The average molecular weight is 293 g/mol. The largest absolute Gasteiger partial charge is 0.296 e. The second-order valence-corrected chi connectivity index (χ2v) is 7.82. The number of nitrogens with one attached hydrogen (secondary N) is 1. The molecule has 0 aromatic carbocycles. The monoisotopic (exact) mass is 293 g/mol. The lowest BCUT2D eigenvalue weighted by atomic mass is 9.76. The molecule has 1 aliphatic heterocycles. The first-order chi connectivity index (χ1) is 10.3. The zero-order valence-corrected chi connectivity index (χ0v) is 13.8. The van der Waals surface area contributed by atoms with Crippen molar-refractivity contribution in [3.05, 3.63) is 0 Å². The van der Waals surface area contributed by atoms with Crippen molar-refractivity contribution in [1.82, 2.24) is 10.3 Å². The van der Waals surface area contributed by atoms with E-state index >= 15 is 0 Å². The molecule has 1 heterocycles. The fraction of sp³-hybridized carbons (Fsp3) is 1.00. The van der Waals surface area contributed by atoms with E-state index in [-0.39, 0.29) is 0 Å². The van der Waals surface area contributed by atoms with Gasteiger partial charge in [0.15, 0.2) is 0 Å². The maximum Gasteiger partial charge on any atom is 0.0397 e. The summed E-state index contributed by atoms with van der Waals surface area (Å²) in [6, 6.07) is 0.515. The summed E-state index contributed by atoms with van der Waals surface area (Å²) in [4.78, 5) is 2.83. The third-order valence-electron chi connectivity index (χ3n) is 6.60. The van der Waals surface area contributed by atoms with Gasteiger partial charge in [0.2, 0.25) is 0 Å². The third kappa shape index (κ3) is 3.46. The molecule has 0 bridgehead atoms. The lowest BCUT2D eigenvalue weighted by Crippen LogP contribution is -2.62. The van der Waals surface area contributed by atoms with Crippen molar-refractivity contribution < 1.29 is 0 Å². The molecule has 2 aliphatic carbocycles. The van der Waals surface area contributed by atoms with Gasteiger partial charge in [-0.1, -0.05) is 51.4 Å². The van der Waals surface area contributed by atoms with Crippen LogP contribution in [-0.2, 0) is 0 Å². The van der Waals surface area contributed by atoms with E-state index in [9.17, 15) is 0 Å². The first kappa shape index (κ1) is 15.8. The molecule has 1 atom stereocenters. The summed E-state index contributed by atoms with van der Waals surface area (Å²) in [5.74, 6) is 7.00. The van der Waals surface area contributed by atoms with Crippen LogP contribution in [-0.4, -0.2) is 29.6 Å². The minimum atomic E-state index is 0.382. The molecular formula is C18H35N3. The number of hydrogen-bond donors (Lipinski definition) is 2. The van der Waals surface area contributed by atoms with Crippen molar-refractivity contribution >= 4 is 0 Å². The summed E-state index contributed by atoms with van der Waals surface area (Å²) >= 11 is 0. The Bertz CT molecular complexity index is 300. The lowest BCUT2D eigenvalue weighted by Gasteiger charge is -2.49. The van der Waals surface area contributed by atoms with E-state index in [4.69, 9.17) is 5.84 Å². The minimum Gasteiger partial charge on any atom is -0.296 e. The molecule has 3 N–H and O–H groups in total. The predicted octanol–water partition coefficient (Wildman–Crippen LogP) is 3.59. The zero-order chi connectivity index (χ0) is 14.5. The molecule has 0 spiro atoms. The van der Waals surface area contributed by atoms with Crippen LogP contribution in [0.2, 0.25) is 0 Å². The summed E-state index contributed by atoms with van der Waals surface area (Å²) < 4.78 is 0. The molecule has 21 heavy (non-hydrogen) atoms. The molecule has 1 saturated heterocycles. The van der Waals surface area contributed by atoms with Crippen LogP contribution in [0.3, 0.4) is 0 Å². The molecular weight excluding hydrogens is 258 g/mol. The number of hydrogen-bond acceptors (Lipinski definition) is 3. The van der Waals surface area contributed by atoms with Crippen LogP contribution in [0.25, 0.3) is 0 Å². The highest BCUT2D eigenvalue weighted by Crippen LogP contribution is 2.42. The van der Waals surface area contributed by atoms with Gasteiger partial charge in [-0.05, 0) is 51.1 Å². The molecule has 2 saturated carbocycles. The lowest BCUT2D eigenvalue weighted by molar-refractivity contribution is 0.0266. The standard InChI is InChI=1S/C18H35N3/c19-20-17(15-16-9-3-1-4-10-16)18(11-5-6-12-18)21-13-7-2-8-14-21/h16-17,20H,1-15,19H2. The third-order valence-corrected chi connectivity index (χ3v) is 6.60. The van der Waals surface area contributed by atoms with Crippen molar-refractivity contribution in [1.29, 1.82) is 0 Å². The zero-order valence-electron chi connectivity index (χ0n) is 13.8. The van der Waals surface area contributed by atoms with E-state index in [1.807, 2.05) is 0 Å². The molecule has 3 heteroatoms. The van der Waals surface area contributed by atoms with Gasteiger partial charge in [-0.2, -0.15) is 0 Å². The van der Waals surface area contributed by atoms with Gasteiger partial charge in [-0.15, -0.1) is 0 Å². The first-order valence-corrected chi connectivity index (χ1v) is 9.56. The molecule has 3 fully saturated rings. The van der Waals surface area contributed by atoms with Gasteiger partial charge in [0.25, 0.3) is 0 Å². The van der Waals surface area contributed by atoms with E-state index in [2.05, 4.69) is 10.3 Å². The van der Waals surface area contributed by atoms with Gasteiger partial charge in [-0.25, -0.2) is 0 Å². The second kappa shape index (κ2) is 7.43. The number of hydrazine groups is 1. The van der Waals surface area contributed by atoms with E-state index in [0.717, 1.165) is 5.92 Å². The fourth-order valence-corrected chi connectivity index (χ4v) is 5.41. The van der Waals surface area contributed by atoms with Crippen LogP contribution < -0.4 is 11.3 Å². The Morgan fingerprint density at radius 2 is 1.52 bits per heavy atom. The van der Waals surface area contributed by atoms with Gasteiger partial charge in [0, 0.05) is 11.6 Å². The van der Waals surface area contributed by atoms with Crippen molar-refractivity contribution in [2.24, 2.45) is 11.8 Å². The molecule has 3 rings (SSSR count). The normalized spacial score (nSPS) is 29.6. The number of likely N-dealkylation sites (tertiary alicyclic amines) is 1. The van der Waals surface area contributed by atoms with Crippen molar-refractivity contribution in [3.63, 3.8) is 0 Å². The highest BCUT2D eigenvalue weighted by Gasteiger charge is 2.46. The Morgan fingerprint density at radius 1 is 0.905 bits per heavy atom. The number of nitrogens with zero attached hydrogens (tertiary/aromatic N) is 1. The first-order valence-electron chi connectivity index (χ1n) is 9.56. The fourth-order valence-electron chi connectivity index (χ4n) is 5.41. The summed E-state index contributed by atoms with van der Waals surface area (Å²) in [6.45, 7) is 2.62. The average Bonchev–Trinajstić information content (AvgIpc) is 3.05. The topological polar surface area (TPSA) is 41.3 Å². The van der Waals surface area contributed by atoms with Gasteiger partial charge < -0.3 is 0 Å². The Morgan fingerprint density at radius 3 is 2.14 bits per heavy atom. The molecule has 0 aromatic rings. The van der Waals surface area contributed by atoms with Crippen molar-refractivity contribution in [2.75, 3.05) is 13.1 Å². The number of nitrogens with two attached hydrogens (primary N) is 1. The van der Waals surface area contributed by atoms with Crippen molar-refractivity contribution in [2.45, 2.75) is 95.1 Å². The highest BCUT2D eigenvalue weighted by molar-refractivity contribution is 5.04. The maximum atomic E-state index is 6.08. The van der Waals surface area contributed by atoms with E-state index in [1.165, 1.54) is 96.6 Å². The van der Waals surface area contributed by atoms with Gasteiger partial charge in [0.05, 0.1) is 0 Å². The smallest absolute Gasteiger partial charge is 0.0397 e. The van der Waals surface area contributed by atoms with Gasteiger partial charge >= 0.3 is 0 Å². The number of rotatable bonds is 5. The molecule has 0 amide bonds. The van der Waals surface area contributed by atoms with Crippen LogP contribution in [0, 0.1) is 5.92 Å². The highest BCUT2D eigenvalue weighted by atomic mass is 15.3. The van der Waals surface area contributed by atoms with Crippen molar-refractivity contribution in [3.8, 4) is 0 Å². The summed E-state index contributed by atoms with van der Waals surface area (Å²) in [5, 5.41) is 0. The molecule has 0 aromatic heterocycles. The molecule has 122 valence electrons. The summed E-state index contributed by atoms with van der Waals surface area (Å²) in [7, 11) is 0. The Balaban J connectivity index is 1.70. The number of piperidine rings is 1. The van der Waals surface area contributed by atoms with Crippen LogP contribution >= 0.6 is 0 Å². The molecule has 3 aliphatic rings. The second-order valence-electron chi connectivity index (χ2n) is 7.82. The van der Waals surface area contributed by atoms with E-state index < -0.39 is 0 Å². The van der Waals surface area contributed by atoms with Crippen LogP contribution in [0.1, 0.15) is 83.5 Å². The van der Waals surface area contributed by atoms with Crippen LogP contribution in [0.4, 0.5) is 0 Å². The van der Waals surface area contributed by atoms with Gasteiger partial charge in [-0.3, -0.25) is 16.2 Å². The predicted molar refractivity (Wildman–Crippen MR) is 88.9 cm³/mol. The Hall–Kier alpha value is -0.120. The Labute approximate surface area is 131 Å². The SMILES string of the molecule is NNC(CC1CCCCC1)C1(N2CCCCC2)CCCC1. The Kier molecular flexibility index (Phi) is 5.58. The maximum absolute atomic E-state index is 6.08. The molecule has 3 nitrogen and oxygen atoms in total. The minimum absolute atomic E-state index is 0.382. The quantitative estimate of drug-likeness (QED) is 0.601. The molecule has 1 unspecified atom stereocenters. The summed E-state index contributed by atoms with van der Waals surface area (Å²) in [5.41, 5.74) is 3.67. The van der Waals surface area contributed by atoms with Gasteiger partial charge in [0.1, 0.15) is 0 Å². The van der Waals surface area contributed by atoms with Crippen LogP contribution in [0.15, 0.2) is 0 Å².